The van der Waals surface area contributed by atoms with Crippen LogP contribution in [0.2, 0.25) is 0 Å². The molecular weight excluding hydrogens is 306 g/mol. The van der Waals surface area contributed by atoms with Gasteiger partial charge in [-0.1, -0.05) is 17.7 Å². The van der Waals surface area contributed by atoms with Crippen LogP contribution < -0.4 is 0 Å². The first-order valence-electron chi connectivity index (χ1n) is 6.90. The van der Waals surface area contributed by atoms with Crippen molar-refractivity contribution in [2.45, 2.75) is 36.5 Å². The lowest BCUT2D eigenvalue weighted by Gasteiger charge is -2.04. The number of benzene rings is 1. The zero-order valence-electron chi connectivity index (χ0n) is 11.8. The summed E-state index contributed by atoms with van der Waals surface area (Å²) in [6.07, 6.45) is 2.06. The second-order valence-electron chi connectivity index (χ2n) is 5.25. The van der Waals surface area contributed by atoms with Crippen molar-refractivity contribution in [3.05, 3.63) is 45.9 Å². The monoisotopic (exact) mass is 323 g/mol. The van der Waals surface area contributed by atoms with E-state index in [0.717, 1.165) is 30.0 Å². The van der Waals surface area contributed by atoms with Crippen LogP contribution in [0.3, 0.4) is 0 Å². The van der Waals surface area contributed by atoms with Gasteiger partial charge in [0.1, 0.15) is 11.1 Å². The number of hydrogen-bond donors (Lipinski definition) is 0. The van der Waals surface area contributed by atoms with E-state index in [0.29, 0.717) is 10.6 Å². The Morgan fingerprint density at radius 3 is 2.76 bits per heavy atom. The standard InChI is InChI=1S/C15H17NO3S2/c1-11-4-6-13(7-5-11)21(17,18)10-12-9-20-15(16-12)14-3-2-8-19-14/h4-7,9,14H,2-3,8,10H2,1H3/t14-/m0/s1. The van der Waals surface area contributed by atoms with Crippen LogP contribution in [0, 0.1) is 6.92 Å². The van der Waals surface area contributed by atoms with Crippen LogP contribution in [0.25, 0.3) is 0 Å². The molecule has 2 heterocycles. The number of ether oxygens (including phenoxy) is 1. The van der Waals surface area contributed by atoms with E-state index in [1.807, 2.05) is 24.4 Å². The highest BCUT2D eigenvalue weighted by atomic mass is 32.2. The molecule has 4 nitrogen and oxygen atoms in total. The van der Waals surface area contributed by atoms with Crippen molar-refractivity contribution >= 4 is 21.2 Å². The van der Waals surface area contributed by atoms with Crippen molar-refractivity contribution in [1.82, 2.24) is 4.98 Å². The maximum Gasteiger partial charge on any atom is 0.184 e. The van der Waals surface area contributed by atoms with E-state index in [1.165, 1.54) is 11.3 Å². The Labute approximate surface area is 128 Å². The molecule has 112 valence electrons. The van der Waals surface area contributed by atoms with Gasteiger partial charge in [-0.2, -0.15) is 0 Å². The van der Waals surface area contributed by atoms with Crippen LogP contribution in [-0.4, -0.2) is 20.0 Å². The molecule has 0 saturated carbocycles. The molecular formula is C15H17NO3S2. The van der Waals surface area contributed by atoms with Crippen molar-refractivity contribution in [3.8, 4) is 0 Å². The lowest BCUT2D eigenvalue weighted by molar-refractivity contribution is 0.111. The van der Waals surface area contributed by atoms with Gasteiger partial charge in [-0.05, 0) is 31.9 Å². The molecule has 1 fully saturated rings. The minimum absolute atomic E-state index is 0.0471. The summed E-state index contributed by atoms with van der Waals surface area (Å²) < 4.78 is 30.3. The van der Waals surface area contributed by atoms with E-state index in [-0.39, 0.29) is 11.9 Å². The summed E-state index contributed by atoms with van der Waals surface area (Å²) in [6, 6.07) is 6.92. The van der Waals surface area contributed by atoms with E-state index in [1.54, 1.807) is 12.1 Å². The molecule has 21 heavy (non-hydrogen) atoms. The summed E-state index contributed by atoms with van der Waals surface area (Å²) in [7, 11) is -3.34. The first-order valence-corrected chi connectivity index (χ1v) is 9.43. The fourth-order valence-corrected chi connectivity index (χ4v) is 4.59. The van der Waals surface area contributed by atoms with Crippen LogP contribution in [0.5, 0.6) is 0 Å². The molecule has 0 unspecified atom stereocenters. The molecule has 0 aliphatic carbocycles. The number of sulfone groups is 1. The summed E-state index contributed by atoms with van der Waals surface area (Å²) >= 11 is 1.48. The van der Waals surface area contributed by atoms with Gasteiger partial charge in [-0.15, -0.1) is 11.3 Å². The van der Waals surface area contributed by atoms with Gasteiger partial charge < -0.3 is 4.74 Å². The van der Waals surface area contributed by atoms with Crippen LogP contribution >= 0.6 is 11.3 Å². The highest BCUT2D eigenvalue weighted by Gasteiger charge is 2.23. The Morgan fingerprint density at radius 2 is 2.10 bits per heavy atom. The van der Waals surface area contributed by atoms with E-state index >= 15 is 0 Å². The molecule has 0 amide bonds. The summed E-state index contributed by atoms with van der Waals surface area (Å²) in [6.45, 7) is 2.70. The Hall–Kier alpha value is -1.24. The van der Waals surface area contributed by atoms with Gasteiger partial charge in [0.05, 0.1) is 16.3 Å². The quantitative estimate of drug-likeness (QED) is 0.866. The number of rotatable bonds is 4. The largest absolute Gasteiger partial charge is 0.371 e. The topological polar surface area (TPSA) is 56.3 Å². The second kappa shape index (κ2) is 5.87. The molecule has 0 spiro atoms. The van der Waals surface area contributed by atoms with Gasteiger partial charge in [0.15, 0.2) is 9.84 Å². The molecule has 1 atom stereocenters. The third-order valence-electron chi connectivity index (χ3n) is 3.49. The summed E-state index contributed by atoms with van der Waals surface area (Å²) in [5.41, 5.74) is 1.65. The first-order chi connectivity index (χ1) is 10.0. The lowest BCUT2D eigenvalue weighted by atomic mass is 10.2. The average molecular weight is 323 g/mol. The van der Waals surface area contributed by atoms with E-state index < -0.39 is 9.84 Å². The van der Waals surface area contributed by atoms with E-state index in [2.05, 4.69) is 4.98 Å². The molecule has 1 aliphatic rings. The number of hydrogen-bond acceptors (Lipinski definition) is 5. The molecule has 1 saturated heterocycles. The van der Waals surface area contributed by atoms with Crippen LogP contribution in [0.1, 0.15) is 35.2 Å². The van der Waals surface area contributed by atoms with E-state index in [4.69, 9.17) is 4.74 Å². The van der Waals surface area contributed by atoms with Gasteiger partial charge in [0.25, 0.3) is 0 Å². The molecule has 1 aromatic heterocycles. The van der Waals surface area contributed by atoms with Crippen LogP contribution in [0.15, 0.2) is 34.5 Å². The highest BCUT2D eigenvalue weighted by molar-refractivity contribution is 7.90. The lowest BCUT2D eigenvalue weighted by Crippen LogP contribution is -2.05. The zero-order chi connectivity index (χ0) is 14.9. The number of nitrogens with zero attached hydrogens (tertiary/aromatic N) is 1. The normalized spacial score (nSPS) is 19.0. The molecule has 6 heteroatoms. The fraction of sp³-hybridized carbons (Fsp3) is 0.400. The van der Waals surface area contributed by atoms with Gasteiger partial charge in [-0.3, -0.25) is 0 Å². The molecule has 0 bridgehead atoms. The van der Waals surface area contributed by atoms with Crippen molar-refractivity contribution in [3.63, 3.8) is 0 Å². The minimum Gasteiger partial charge on any atom is -0.371 e. The van der Waals surface area contributed by atoms with Gasteiger partial charge in [-0.25, -0.2) is 13.4 Å². The van der Waals surface area contributed by atoms with Gasteiger partial charge in [0.2, 0.25) is 0 Å². The molecule has 1 aliphatic heterocycles. The number of thiazole rings is 1. The number of aryl methyl sites for hydroxylation is 1. The fourth-order valence-electron chi connectivity index (χ4n) is 2.33. The molecule has 1 aromatic carbocycles. The van der Waals surface area contributed by atoms with Crippen molar-refractivity contribution in [2.75, 3.05) is 6.61 Å². The summed E-state index contributed by atoms with van der Waals surface area (Å²) in [5, 5.41) is 2.71. The molecule has 3 rings (SSSR count). The third-order valence-corrected chi connectivity index (χ3v) is 6.14. The predicted octanol–water partition coefficient (Wildman–Crippen LogP) is 3.28. The molecule has 0 radical (unpaired) electrons. The summed E-state index contributed by atoms with van der Waals surface area (Å²) in [5.74, 6) is -0.0563. The first kappa shape index (κ1) is 14.7. The van der Waals surface area contributed by atoms with Crippen molar-refractivity contribution in [1.29, 1.82) is 0 Å². The predicted molar refractivity (Wildman–Crippen MR) is 82.1 cm³/mol. The summed E-state index contributed by atoms with van der Waals surface area (Å²) in [4.78, 5) is 4.78. The van der Waals surface area contributed by atoms with Crippen molar-refractivity contribution in [2.24, 2.45) is 0 Å². The maximum absolute atomic E-state index is 12.4. The second-order valence-corrected chi connectivity index (χ2v) is 8.13. The van der Waals surface area contributed by atoms with Crippen molar-refractivity contribution < 1.29 is 13.2 Å². The Bertz CT molecular complexity index is 714. The minimum atomic E-state index is -3.34. The molecule has 2 aromatic rings. The smallest absolute Gasteiger partial charge is 0.184 e. The highest BCUT2D eigenvalue weighted by Crippen LogP contribution is 2.31. The maximum atomic E-state index is 12.4. The Morgan fingerprint density at radius 1 is 1.33 bits per heavy atom. The van der Waals surface area contributed by atoms with Crippen LogP contribution in [0.4, 0.5) is 0 Å². The SMILES string of the molecule is Cc1ccc(S(=O)(=O)Cc2csc([C@@H]3CCCO3)n2)cc1. The zero-order valence-corrected chi connectivity index (χ0v) is 13.4. The molecule has 0 N–H and O–H groups in total. The van der Waals surface area contributed by atoms with E-state index in [9.17, 15) is 8.42 Å². The van der Waals surface area contributed by atoms with Gasteiger partial charge >= 0.3 is 0 Å². The Kier molecular flexibility index (Phi) is 4.10. The Balaban J connectivity index is 1.77. The third kappa shape index (κ3) is 3.33. The van der Waals surface area contributed by atoms with Gasteiger partial charge in [0, 0.05) is 12.0 Å². The average Bonchev–Trinajstić information content (AvgIpc) is 3.09. The number of aromatic nitrogens is 1. The van der Waals surface area contributed by atoms with Crippen LogP contribution in [-0.2, 0) is 20.3 Å².